The van der Waals surface area contributed by atoms with Crippen LogP contribution in [-0.4, -0.2) is 41.9 Å². The molecule has 0 spiro atoms. The summed E-state index contributed by atoms with van der Waals surface area (Å²) in [6, 6.07) is 8.70. The summed E-state index contributed by atoms with van der Waals surface area (Å²) in [4.78, 5) is 30.9. The fourth-order valence-corrected chi connectivity index (χ4v) is 2.86. The SMILES string of the molecule is COc1cccc(NC(=O)c2cncc(C(=O)N3CCCCC3)c2)c1. The largest absolute Gasteiger partial charge is 0.497 e. The fourth-order valence-electron chi connectivity index (χ4n) is 2.86. The highest BCUT2D eigenvalue weighted by Crippen LogP contribution is 2.18. The van der Waals surface area contributed by atoms with E-state index >= 15 is 0 Å². The average molecular weight is 339 g/mol. The van der Waals surface area contributed by atoms with Crippen LogP contribution in [0.15, 0.2) is 42.7 Å². The van der Waals surface area contributed by atoms with E-state index in [0.29, 0.717) is 22.6 Å². The summed E-state index contributed by atoms with van der Waals surface area (Å²) in [5.74, 6) is 0.280. The van der Waals surface area contributed by atoms with Gasteiger partial charge in [-0.1, -0.05) is 6.07 Å². The van der Waals surface area contributed by atoms with Crippen LogP contribution in [0.3, 0.4) is 0 Å². The van der Waals surface area contributed by atoms with Crippen LogP contribution in [0.5, 0.6) is 5.75 Å². The van der Waals surface area contributed by atoms with Crippen molar-refractivity contribution in [2.24, 2.45) is 0 Å². The first-order valence-electron chi connectivity index (χ1n) is 8.37. The first-order chi connectivity index (χ1) is 12.2. The second-order valence-corrected chi connectivity index (χ2v) is 6.00. The average Bonchev–Trinajstić information content (AvgIpc) is 2.68. The number of nitrogens with one attached hydrogen (secondary N) is 1. The van der Waals surface area contributed by atoms with Crippen LogP contribution in [0, 0.1) is 0 Å². The van der Waals surface area contributed by atoms with Crippen LogP contribution in [0.25, 0.3) is 0 Å². The maximum atomic E-state index is 12.6. The van der Waals surface area contributed by atoms with Gasteiger partial charge in [0, 0.05) is 37.2 Å². The van der Waals surface area contributed by atoms with E-state index in [4.69, 9.17) is 4.74 Å². The van der Waals surface area contributed by atoms with Crippen molar-refractivity contribution in [2.45, 2.75) is 19.3 Å². The summed E-state index contributed by atoms with van der Waals surface area (Å²) in [5.41, 5.74) is 1.42. The van der Waals surface area contributed by atoms with Gasteiger partial charge in [-0.25, -0.2) is 0 Å². The van der Waals surface area contributed by atoms with Gasteiger partial charge in [-0.05, 0) is 37.5 Å². The van der Waals surface area contributed by atoms with Crippen molar-refractivity contribution < 1.29 is 14.3 Å². The normalized spacial score (nSPS) is 14.0. The van der Waals surface area contributed by atoms with Gasteiger partial charge in [-0.2, -0.15) is 0 Å². The van der Waals surface area contributed by atoms with E-state index in [1.165, 1.54) is 12.4 Å². The van der Waals surface area contributed by atoms with E-state index in [0.717, 1.165) is 32.4 Å². The number of nitrogens with zero attached hydrogens (tertiary/aromatic N) is 2. The number of aromatic nitrogens is 1. The molecule has 25 heavy (non-hydrogen) atoms. The molecule has 2 aromatic rings. The highest BCUT2D eigenvalue weighted by Gasteiger charge is 2.19. The van der Waals surface area contributed by atoms with E-state index in [1.54, 1.807) is 37.4 Å². The van der Waals surface area contributed by atoms with Crippen LogP contribution >= 0.6 is 0 Å². The Kier molecular flexibility index (Phi) is 5.28. The van der Waals surface area contributed by atoms with Gasteiger partial charge in [0.15, 0.2) is 0 Å². The number of hydrogen-bond acceptors (Lipinski definition) is 4. The zero-order valence-corrected chi connectivity index (χ0v) is 14.2. The predicted octanol–water partition coefficient (Wildman–Crippen LogP) is 2.97. The number of anilines is 1. The van der Waals surface area contributed by atoms with Crippen LogP contribution in [0.1, 0.15) is 40.0 Å². The van der Waals surface area contributed by atoms with E-state index in [-0.39, 0.29) is 11.8 Å². The number of pyridine rings is 1. The lowest BCUT2D eigenvalue weighted by Crippen LogP contribution is -2.35. The number of benzene rings is 1. The lowest BCUT2D eigenvalue weighted by atomic mass is 10.1. The molecule has 0 atom stereocenters. The minimum Gasteiger partial charge on any atom is -0.497 e. The Hall–Kier alpha value is -2.89. The molecule has 2 amide bonds. The number of hydrogen-bond donors (Lipinski definition) is 1. The number of carbonyl (C=O) groups excluding carboxylic acids is 2. The monoisotopic (exact) mass is 339 g/mol. The predicted molar refractivity (Wildman–Crippen MR) is 94.9 cm³/mol. The molecule has 2 heterocycles. The third kappa shape index (κ3) is 4.15. The van der Waals surface area contributed by atoms with E-state index in [2.05, 4.69) is 10.3 Å². The van der Waals surface area contributed by atoms with Crippen molar-refractivity contribution in [2.75, 3.05) is 25.5 Å². The Bertz CT molecular complexity index is 770. The van der Waals surface area contributed by atoms with Crippen molar-refractivity contribution in [3.05, 3.63) is 53.9 Å². The second-order valence-electron chi connectivity index (χ2n) is 6.00. The summed E-state index contributed by atoms with van der Waals surface area (Å²) >= 11 is 0. The first kappa shape index (κ1) is 17.0. The number of ether oxygens (including phenoxy) is 1. The molecule has 6 heteroatoms. The van der Waals surface area contributed by atoms with Crippen molar-refractivity contribution in [1.82, 2.24) is 9.88 Å². The van der Waals surface area contributed by atoms with Crippen LogP contribution in [0.4, 0.5) is 5.69 Å². The topological polar surface area (TPSA) is 71.5 Å². The molecule has 0 bridgehead atoms. The molecule has 0 saturated carbocycles. The highest BCUT2D eigenvalue weighted by molar-refractivity contribution is 6.05. The van der Waals surface area contributed by atoms with Crippen LogP contribution < -0.4 is 10.1 Å². The molecule has 1 saturated heterocycles. The molecule has 1 aromatic carbocycles. The molecule has 0 unspecified atom stereocenters. The Morgan fingerprint density at radius 2 is 1.84 bits per heavy atom. The van der Waals surface area contributed by atoms with Crippen molar-refractivity contribution in [1.29, 1.82) is 0 Å². The maximum Gasteiger partial charge on any atom is 0.257 e. The molecule has 1 aliphatic heterocycles. The molecular weight excluding hydrogens is 318 g/mol. The summed E-state index contributed by atoms with van der Waals surface area (Å²) < 4.78 is 5.15. The quantitative estimate of drug-likeness (QED) is 0.929. The molecule has 1 fully saturated rings. The van der Waals surface area contributed by atoms with Crippen molar-refractivity contribution in [3.63, 3.8) is 0 Å². The zero-order valence-electron chi connectivity index (χ0n) is 14.2. The van der Waals surface area contributed by atoms with Gasteiger partial charge in [-0.3, -0.25) is 14.6 Å². The molecular formula is C19H21N3O3. The zero-order chi connectivity index (χ0) is 17.6. The van der Waals surface area contributed by atoms with E-state index in [1.807, 2.05) is 4.90 Å². The van der Waals surface area contributed by atoms with Crippen LogP contribution in [0.2, 0.25) is 0 Å². The molecule has 1 aromatic heterocycles. The molecule has 0 aliphatic carbocycles. The fraction of sp³-hybridized carbons (Fsp3) is 0.316. The van der Waals surface area contributed by atoms with Gasteiger partial charge >= 0.3 is 0 Å². The molecule has 3 rings (SSSR count). The minimum atomic E-state index is -0.311. The molecule has 130 valence electrons. The summed E-state index contributed by atoms with van der Waals surface area (Å²) in [5, 5.41) is 2.79. The molecule has 1 N–H and O–H groups in total. The van der Waals surface area contributed by atoms with Gasteiger partial charge in [0.2, 0.25) is 0 Å². The Morgan fingerprint density at radius 3 is 2.60 bits per heavy atom. The number of methoxy groups -OCH3 is 1. The van der Waals surface area contributed by atoms with E-state index < -0.39 is 0 Å². The number of carbonyl (C=O) groups is 2. The Labute approximate surface area is 146 Å². The Balaban J connectivity index is 1.73. The van der Waals surface area contributed by atoms with Gasteiger partial charge in [0.25, 0.3) is 11.8 Å². The Morgan fingerprint density at radius 1 is 1.08 bits per heavy atom. The molecule has 1 aliphatic rings. The van der Waals surface area contributed by atoms with Crippen molar-refractivity contribution >= 4 is 17.5 Å². The molecule has 6 nitrogen and oxygen atoms in total. The number of rotatable bonds is 4. The first-order valence-corrected chi connectivity index (χ1v) is 8.37. The van der Waals surface area contributed by atoms with Crippen molar-refractivity contribution in [3.8, 4) is 5.75 Å². The highest BCUT2D eigenvalue weighted by atomic mass is 16.5. The van der Waals surface area contributed by atoms with Gasteiger partial charge in [-0.15, -0.1) is 0 Å². The number of likely N-dealkylation sites (tertiary alicyclic amines) is 1. The third-order valence-corrected chi connectivity index (χ3v) is 4.22. The molecule has 0 radical (unpaired) electrons. The smallest absolute Gasteiger partial charge is 0.257 e. The van der Waals surface area contributed by atoms with Crippen LogP contribution in [-0.2, 0) is 0 Å². The number of piperidine rings is 1. The standard InChI is InChI=1S/C19H21N3O3/c1-25-17-7-5-6-16(11-17)21-18(23)14-10-15(13-20-12-14)19(24)22-8-3-2-4-9-22/h5-7,10-13H,2-4,8-9H2,1H3,(H,21,23). The maximum absolute atomic E-state index is 12.6. The third-order valence-electron chi connectivity index (χ3n) is 4.22. The summed E-state index contributed by atoms with van der Waals surface area (Å²) in [7, 11) is 1.57. The number of amides is 2. The lowest BCUT2D eigenvalue weighted by molar-refractivity contribution is 0.0724. The lowest BCUT2D eigenvalue weighted by Gasteiger charge is -2.26. The van der Waals surface area contributed by atoms with Gasteiger partial charge in [0.05, 0.1) is 18.2 Å². The minimum absolute atomic E-state index is 0.0665. The van der Waals surface area contributed by atoms with Gasteiger partial charge in [0.1, 0.15) is 5.75 Å². The second kappa shape index (κ2) is 7.79. The summed E-state index contributed by atoms with van der Waals surface area (Å²) in [6.07, 6.45) is 6.18. The van der Waals surface area contributed by atoms with E-state index in [9.17, 15) is 9.59 Å². The van der Waals surface area contributed by atoms with Gasteiger partial charge < -0.3 is 15.0 Å². The summed E-state index contributed by atoms with van der Waals surface area (Å²) in [6.45, 7) is 1.53.